The van der Waals surface area contributed by atoms with Gasteiger partial charge in [0.1, 0.15) is 6.20 Å². The molecule has 0 N–H and O–H groups in total. The molecule has 0 spiro atoms. The van der Waals surface area contributed by atoms with Gasteiger partial charge in [-0.2, -0.15) is 5.10 Å². The Morgan fingerprint density at radius 3 is 2.62 bits per heavy atom. The lowest BCUT2D eigenvalue weighted by molar-refractivity contribution is 0.959. The Hall–Kier alpha value is -1.09. The van der Waals surface area contributed by atoms with Gasteiger partial charge in [-0.05, 0) is 25.7 Å². The van der Waals surface area contributed by atoms with Crippen LogP contribution in [0.1, 0.15) is 0 Å². The molecule has 1 aromatic heterocycles. The minimum atomic E-state index is -1.37. The van der Waals surface area contributed by atoms with Crippen LogP contribution in [-0.2, 0) is 0 Å². The van der Waals surface area contributed by atoms with E-state index < -0.39 is 8.24 Å². The summed E-state index contributed by atoms with van der Waals surface area (Å²) in [6.45, 7) is 6.83. The van der Waals surface area contributed by atoms with E-state index in [2.05, 4.69) is 53.5 Å². The van der Waals surface area contributed by atoms with Crippen LogP contribution in [0.3, 0.4) is 0 Å². The summed E-state index contributed by atoms with van der Waals surface area (Å²) in [4.78, 5) is 0. The molecule has 0 atom stereocenters. The summed E-state index contributed by atoms with van der Waals surface area (Å²) in [5, 5.41) is 5.44. The van der Waals surface area contributed by atoms with Gasteiger partial charge < -0.3 is 0 Å². The van der Waals surface area contributed by atoms with E-state index in [1.165, 1.54) is 5.52 Å². The molecule has 13 heavy (non-hydrogen) atoms. The van der Waals surface area contributed by atoms with E-state index in [4.69, 9.17) is 0 Å². The van der Waals surface area contributed by atoms with Crippen molar-refractivity contribution in [2.75, 3.05) is 0 Å². The highest BCUT2D eigenvalue weighted by molar-refractivity contribution is 6.75. The summed E-state index contributed by atoms with van der Waals surface area (Å²) in [5.74, 6) is 0. The number of aromatic nitrogens is 2. The van der Waals surface area contributed by atoms with Gasteiger partial charge in [0.25, 0.3) is 0 Å². The van der Waals surface area contributed by atoms with Crippen LogP contribution in [0.2, 0.25) is 19.6 Å². The van der Waals surface area contributed by atoms with E-state index >= 15 is 0 Å². The third-order valence-electron chi connectivity index (χ3n) is 2.04. The quantitative estimate of drug-likeness (QED) is 0.630. The second-order valence-electron chi connectivity index (χ2n) is 4.21. The van der Waals surface area contributed by atoms with Crippen molar-refractivity contribution in [3.63, 3.8) is 0 Å². The molecule has 0 aliphatic rings. The van der Waals surface area contributed by atoms with Crippen molar-refractivity contribution in [3.8, 4) is 0 Å². The molecule has 3 heteroatoms. The predicted octanol–water partition coefficient (Wildman–Crippen LogP) is 2.52. The van der Waals surface area contributed by atoms with Crippen molar-refractivity contribution in [1.29, 1.82) is 0 Å². The van der Waals surface area contributed by atoms with Gasteiger partial charge >= 0.3 is 0 Å². The fourth-order valence-electron chi connectivity index (χ4n) is 1.42. The average molecular weight is 189 g/mol. The zero-order chi connectivity index (χ0) is 9.47. The van der Waals surface area contributed by atoms with Gasteiger partial charge in [-0.15, -0.1) is 0 Å². The van der Waals surface area contributed by atoms with Gasteiger partial charge in [-0.25, -0.2) is 0 Å². The van der Waals surface area contributed by atoms with Crippen molar-refractivity contribution >= 4 is 19.1 Å². The molecule has 0 aliphatic heterocycles. The summed E-state index contributed by atoms with van der Waals surface area (Å²) in [5.41, 5.74) is 1.21. The summed E-state index contributed by atoms with van der Waals surface area (Å²) in [6.07, 6.45) is 3.04. The smallest absolute Gasteiger partial charge is 0.176 e. The molecule has 2 nitrogen and oxygen atoms in total. The summed E-state index contributed by atoms with van der Waals surface area (Å²) in [6, 6.07) is 8.24. The van der Waals surface area contributed by atoms with Gasteiger partial charge in [0.15, 0.2) is 8.24 Å². The minimum Gasteiger partial charge on any atom is -0.294 e. The lowest BCUT2D eigenvalue weighted by atomic mass is 10.3. The van der Waals surface area contributed by atoms with E-state index in [0.29, 0.717) is 0 Å². The normalized spacial score (nSPS) is 12.2. The fraction of sp³-hybridized carbons (Fsp3) is 0.300. The molecule has 0 unspecified atom stereocenters. The van der Waals surface area contributed by atoms with E-state index in [1.807, 2.05) is 6.07 Å². The van der Waals surface area contributed by atoms with E-state index in [1.54, 1.807) is 0 Å². The minimum absolute atomic E-state index is 1.12. The maximum atomic E-state index is 4.32. The topological polar surface area (TPSA) is 17.8 Å². The van der Waals surface area contributed by atoms with Crippen LogP contribution in [0.4, 0.5) is 0 Å². The molecule has 0 saturated carbocycles. The Labute approximate surface area is 79.3 Å². The Kier molecular flexibility index (Phi) is 1.77. The highest BCUT2D eigenvalue weighted by atomic mass is 28.3. The molecule has 0 amide bonds. The first-order valence-corrected chi connectivity index (χ1v) is 7.90. The first-order valence-electron chi connectivity index (χ1n) is 4.45. The summed E-state index contributed by atoms with van der Waals surface area (Å²) >= 11 is 0. The Balaban J connectivity index is 2.72. The van der Waals surface area contributed by atoms with Gasteiger partial charge in [0, 0.05) is 5.39 Å². The number of hydrogen-bond acceptors (Lipinski definition) is 1. The summed E-state index contributed by atoms with van der Waals surface area (Å²) in [7, 11) is -1.37. The number of nitrogens with zero attached hydrogens (tertiary/aromatic N) is 2. The van der Waals surface area contributed by atoms with E-state index in [-0.39, 0.29) is 0 Å². The molecule has 0 fully saturated rings. The zero-order valence-corrected chi connectivity index (χ0v) is 9.20. The van der Waals surface area contributed by atoms with E-state index in [9.17, 15) is 0 Å². The number of benzene rings is 1. The number of fused-ring (bicyclic) bond motifs is 1. The third-order valence-corrected chi connectivity index (χ3v) is 3.65. The van der Waals surface area contributed by atoms with Crippen molar-refractivity contribution in [3.05, 3.63) is 30.5 Å². The second kappa shape index (κ2) is 2.70. The van der Waals surface area contributed by atoms with Crippen molar-refractivity contribution in [1.82, 2.24) is 9.45 Å². The Morgan fingerprint density at radius 1 is 1.23 bits per heavy atom. The van der Waals surface area contributed by atoms with Crippen molar-refractivity contribution in [2.24, 2.45) is 0 Å². The third kappa shape index (κ3) is 1.39. The molecule has 67 valence electrons. The SMILES string of the molecule is C[Si](C)(C)n1n[c]c2ccccc21. The molecule has 2 aromatic rings. The average Bonchev–Trinajstić information content (AvgIpc) is 2.45. The van der Waals surface area contributed by atoms with Crippen molar-refractivity contribution < 1.29 is 0 Å². The maximum absolute atomic E-state index is 4.32. The van der Waals surface area contributed by atoms with Crippen LogP contribution in [0, 0.1) is 6.20 Å². The molecule has 1 heterocycles. The van der Waals surface area contributed by atoms with E-state index in [0.717, 1.165) is 5.39 Å². The van der Waals surface area contributed by atoms with Gasteiger partial charge in [-0.1, -0.05) is 18.2 Å². The zero-order valence-electron chi connectivity index (χ0n) is 8.20. The molecule has 0 aliphatic carbocycles. The first kappa shape index (κ1) is 8.50. The lowest BCUT2D eigenvalue weighted by Gasteiger charge is -2.17. The number of hydrogen-bond donors (Lipinski definition) is 0. The highest BCUT2D eigenvalue weighted by Gasteiger charge is 2.19. The molecule has 0 bridgehead atoms. The van der Waals surface area contributed by atoms with Gasteiger partial charge in [0.05, 0.1) is 5.52 Å². The van der Waals surface area contributed by atoms with Crippen LogP contribution in [0.15, 0.2) is 24.3 Å². The number of rotatable bonds is 1. The highest BCUT2D eigenvalue weighted by Crippen LogP contribution is 2.16. The van der Waals surface area contributed by atoms with Gasteiger partial charge in [-0.3, -0.25) is 4.35 Å². The predicted molar refractivity (Wildman–Crippen MR) is 57.3 cm³/mol. The lowest BCUT2D eigenvalue weighted by Crippen LogP contribution is -2.32. The van der Waals surface area contributed by atoms with Crippen LogP contribution in [-0.4, -0.2) is 17.7 Å². The molecule has 1 radical (unpaired) electrons. The second-order valence-corrected chi connectivity index (χ2v) is 8.98. The molecule has 2 rings (SSSR count). The van der Waals surface area contributed by atoms with Gasteiger partial charge in [0.2, 0.25) is 0 Å². The Morgan fingerprint density at radius 2 is 1.92 bits per heavy atom. The molecular weight excluding hydrogens is 176 g/mol. The van der Waals surface area contributed by atoms with Crippen LogP contribution >= 0.6 is 0 Å². The van der Waals surface area contributed by atoms with Crippen molar-refractivity contribution in [2.45, 2.75) is 19.6 Å². The standard InChI is InChI=1S/C10H13N2Si/c1-13(2,3)12-10-7-5-4-6-9(10)8-11-12/h4-7H,1-3H3. The monoisotopic (exact) mass is 189 g/mol. The molecule has 0 saturated heterocycles. The van der Waals surface area contributed by atoms with Crippen LogP contribution in [0.25, 0.3) is 10.9 Å². The van der Waals surface area contributed by atoms with Crippen LogP contribution in [0.5, 0.6) is 0 Å². The largest absolute Gasteiger partial charge is 0.294 e. The fourth-order valence-corrected chi connectivity index (χ4v) is 2.69. The first-order chi connectivity index (χ1) is 6.09. The summed E-state index contributed by atoms with van der Waals surface area (Å²) < 4.78 is 2.14. The maximum Gasteiger partial charge on any atom is 0.176 e. The molecular formula is C10H13N2Si. The Bertz CT molecular complexity index is 426. The van der Waals surface area contributed by atoms with Crippen LogP contribution < -0.4 is 0 Å². The number of para-hydroxylation sites is 1. The molecule has 1 aromatic carbocycles.